The second kappa shape index (κ2) is 6.93. The van der Waals surface area contributed by atoms with Crippen LogP contribution in [0, 0.1) is 0 Å². The van der Waals surface area contributed by atoms with Crippen LogP contribution in [0.5, 0.6) is 0 Å². The molecule has 1 aromatic heterocycles. The molecule has 0 spiro atoms. The number of carbonyl (C=O) groups is 2. The molecule has 8 heteroatoms. The lowest BCUT2D eigenvalue weighted by molar-refractivity contribution is -0.129. The number of thioether (sulfide) groups is 1. The Morgan fingerprint density at radius 1 is 1.33 bits per heavy atom. The molecule has 21 heavy (non-hydrogen) atoms. The summed E-state index contributed by atoms with van der Waals surface area (Å²) in [4.78, 5) is 25.0. The number of hydrogen-bond donors (Lipinski definition) is 1. The van der Waals surface area contributed by atoms with Gasteiger partial charge in [-0.05, 0) is 19.8 Å². The van der Waals surface area contributed by atoms with Crippen molar-refractivity contribution in [1.82, 2.24) is 19.7 Å². The smallest absolute Gasteiger partial charge is 0.235 e. The van der Waals surface area contributed by atoms with Crippen molar-refractivity contribution in [2.75, 3.05) is 13.1 Å². The summed E-state index contributed by atoms with van der Waals surface area (Å²) in [6.45, 7) is 3.60. The van der Waals surface area contributed by atoms with E-state index < -0.39 is 0 Å². The van der Waals surface area contributed by atoms with E-state index in [4.69, 9.17) is 5.73 Å². The highest BCUT2D eigenvalue weighted by atomic mass is 32.2. The minimum absolute atomic E-state index is 0.152. The Morgan fingerprint density at radius 2 is 2.00 bits per heavy atom. The fourth-order valence-corrected chi connectivity index (χ4v) is 3.22. The average molecular weight is 311 g/mol. The molecule has 1 atom stereocenters. The third kappa shape index (κ3) is 3.96. The number of primary amides is 1. The van der Waals surface area contributed by atoms with Gasteiger partial charge >= 0.3 is 0 Å². The molecule has 2 N–H and O–H groups in total. The monoisotopic (exact) mass is 311 g/mol. The van der Waals surface area contributed by atoms with Gasteiger partial charge in [0.1, 0.15) is 5.82 Å². The maximum absolute atomic E-state index is 12.3. The number of hydrogen-bond acceptors (Lipinski definition) is 5. The fraction of sp³-hybridized carbons (Fsp3) is 0.692. The summed E-state index contributed by atoms with van der Waals surface area (Å²) >= 11 is 1.40. The molecule has 0 radical (unpaired) electrons. The van der Waals surface area contributed by atoms with Crippen LogP contribution in [-0.4, -0.2) is 49.8 Å². The topological polar surface area (TPSA) is 94.1 Å². The van der Waals surface area contributed by atoms with Gasteiger partial charge in [0.25, 0.3) is 0 Å². The van der Waals surface area contributed by atoms with Crippen LogP contribution in [-0.2, 0) is 23.1 Å². The molecule has 7 nitrogen and oxygen atoms in total. The number of amides is 2. The quantitative estimate of drug-likeness (QED) is 0.764. The van der Waals surface area contributed by atoms with Crippen molar-refractivity contribution in [2.24, 2.45) is 12.8 Å². The summed E-state index contributed by atoms with van der Waals surface area (Å²) in [5.74, 6) is 0.501. The van der Waals surface area contributed by atoms with Crippen molar-refractivity contribution in [3.8, 4) is 0 Å². The predicted molar refractivity (Wildman–Crippen MR) is 79.7 cm³/mol. The van der Waals surface area contributed by atoms with E-state index in [9.17, 15) is 9.59 Å². The summed E-state index contributed by atoms with van der Waals surface area (Å²) in [7, 11) is 1.84. The van der Waals surface area contributed by atoms with Gasteiger partial charge in [-0.15, -0.1) is 10.2 Å². The molecule has 1 saturated heterocycles. The molecule has 116 valence electrons. The maximum atomic E-state index is 12.3. The molecule has 1 aliphatic heterocycles. The van der Waals surface area contributed by atoms with E-state index in [0.29, 0.717) is 17.4 Å². The first kappa shape index (κ1) is 15.8. The third-order valence-corrected chi connectivity index (χ3v) is 4.69. The molecule has 1 fully saturated rings. The molecular formula is C13H21N5O2S. The number of carbonyl (C=O) groups excluding carboxylic acids is 2. The van der Waals surface area contributed by atoms with Crippen molar-refractivity contribution >= 4 is 23.6 Å². The highest BCUT2D eigenvalue weighted by Crippen LogP contribution is 2.24. The van der Waals surface area contributed by atoms with E-state index >= 15 is 0 Å². The molecule has 0 saturated carbocycles. The van der Waals surface area contributed by atoms with Crippen molar-refractivity contribution in [2.45, 2.75) is 43.0 Å². The lowest BCUT2D eigenvalue weighted by atomic mass is 10.3. The van der Waals surface area contributed by atoms with Crippen LogP contribution in [0.4, 0.5) is 0 Å². The summed E-state index contributed by atoms with van der Waals surface area (Å²) < 4.78 is 1.82. The first-order chi connectivity index (χ1) is 9.99. The van der Waals surface area contributed by atoms with Gasteiger partial charge in [0.15, 0.2) is 5.16 Å². The highest BCUT2D eigenvalue weighted by Gasteiger charge is 2.25. The number of nitrogens with zero attached hydrogens (tertiary/aromatic N) is 4. The van der Waals surface area contributed by atoms with Gasteiger partial charge in [-0.2, -0.15) is 0 Å². The number of aryl methyl sites for hydroxylation is 1. The SMILES string of the molecule is C[C@H](Sc1nnc(CCC(N)=O)n1C)C(=O)N1CCCC1. The van der Waals surface area contributed by atoms with Crippen LogP contribution >= 0.6 is 11.8 Å². The Kier molecular flexibility index (Phi) is 5.22. The lowest BCUT2D eigenvalue weighted by Gasteiger charge is -2.19. The fourth-order valence-electron chi connectivity index (χ4n) is 2.30. The average Bonchev–Trinajstić information content (AvgIpc) is 3.07. The maximum Gasteiger partial charge on any atom is 0.235 e. The van der Waals surface area contributed by atoms with Crippen LogP contribution in [0.15, 0.2) is 5.16 Å². The molecule has 0 bridgehead atoms. The van der Waals surface area contributed by atoms with Gasteiger partial charge in [0.2, 0.25) is 11.8 Å². The van der Waals surface area contributed by atoms with Gasteiger partial charge in [-0.3, -0.25) is 9.59 Å². The molecule has 2 rings (SSSR count). The Morgan fingerprint density at radius 3 is 2.62 bits per heavy atom. The Labute approximate surface area is 128 Å². The van der Waals surface area contributed by atoms with Crippen LogP contribution in [0.2, 0.25) is 0 Å². The zero-order chi connectivity index (χ0) is 15.4. The minimum Gasteiger partial charge on any atom is -0.370 e. The second-order valence-corrected chi connectivity index (χ2v) is 6.52. The van der Waals surface area contributed by atoms with E-state index in [0.717, 1.165) is 25.9 Å². The zero-order valence-corrected chi connectivity index (χ0v) is 13.2. The van der Waals surface area contributed by atoms with E-state index in [2.05, 4.69) is 10.2 Å². The van der Waals surface area contributed by atoms with Crippen molar-refractivity contribution in [3.63, 3.8) is 0 Å². The van der Waals surface area contributed by atoms with Crippen LogP contribution in [0.3, 0.4) is 0 Å². The summed E-state index contributed by atoms with van der Waals surface area (Å²) in [5.41, 5.74) is 5.14. The molecule has 0 aromatic carbocycles. The predicted octanol–water partition coefficient (Wildman–Crippen LogP) is 0.336. The highest BCUT2D eigenvalue weighted by molar-refractivity contribution is 8.00. The second-order valence-electron chi connectivity index (χ2n) is 5.22. The molecule has 1 aliphatic rings. The van der Waals surface area contributed by atoms with Crippen molar-refractivity contribution in [3.05, 3.63) is 5.82 Å². The van der Waals surface area contributed by atoms with Gasteiger partial charge in [0.05, 0.1) is 5.25 Å². The molecule has 1 aromatic rings. The third-order valence-electron chi connectivity index (χ3n) is 3.57. The number of likely N-dealkylation sites (tertiary alicyclic amines) is 1. The van der Waals surface area contributed by atoms with Gasteiger partial charge in [-0.1, -0.05) is 11.8 Å². The zero-order valence-electron chi connectivity index (χ0n) is 12.4. The van der Waals surface area contributed by atoms with Crippen molar-refractivity contribution < 1.29 is 9.59 Å². The Bertz CT molecular complexity index is 525. The Hall–Kier alpha value is -1.57. The molecule has 0 aliphatic carbocycles. The number of nitrogens with two attached hydrogens (primary N) is 1. The summed E-state index contributed by atoms with van der Waals surface area (Å²) in [5, 5.41) is 8.66. The first-order valence-electron chi connectivity index (χ1n) is 7.11. The van der Waals surface area contributed by atoms with Crippen LogP contribution in [0.25, 0.3) is 0 Å². The number of aromatic nitrogens is 3. The van der Waals surface area contributed by atoms with Gasteiger partial charge in [0, 0.05) is 33.0 Å². The van der Waals surface area contributed by atoms with Crippen molar-refractivity contribution in [1.29, 1.82) is 0 Å². The molecular weight excluding hydrogens is 290 g/mol. The van der Waals surface area contributed by atoms with E-state index in [1.165, 1.54) is 11.8 Å². The largest absolute Gasteiger partial charge is 0.370 e. The molecule has 0 unspecified atom stereocenters. The summed E-state index contributed by atoms with van der Waals surface area (Å²) in [6.07, 6.45) is 2.89. The van der Waals surface area contributed by atoms with Gasteiger partial charge in [-0.25, -0.2) is 0 Å². The Balaban J connectivity index is 1.95. The van der Waals surface area contributed by atoms with Crippen LogP contribution < -0.4 is 5.73 Å². The standard InChI is InChI=1S/C13H21N5O2S/c1-9(12(20)18-7-3-4-8-18)21-13-16-15-11(17(13)2)6-5-10(14)19/h9H,3-8H2,1-2H3,(H2,14,19)/t9-/m0/s1. The number of rotatable bonds is 6. The minimum atomic E-state index is -0.357. The first-order valence-corrected chi connectivity index (χ1v) is 7.99. The van der Waals surface area contributed by atoms with E-state index in [-0.39, 0.29) is 23.5 Å². The van der Waals surface area contributed by atoms with Gasteiger partial charge < -0.3 is 15.2 Å². The lowest BCUT2D eigenvalue weighted by Crippen LogP contribution is -2.34. The summed E-state index contributed by atoms with van der Waals surface area (Å²) in [6, 6.07) is 0. The van der Waals surface area contributed by atoms with E-state index in [1.54, 1.807) is 0 Å². The molecule has 2 amide bonds. The van der Waals surface area contributed by atoms with Crippen LogP contribution in [0.1, 0.15) is 32.0 Å². The molecule has 2 heterocycles. The van der Waals surface area contributed by atoms with E-state index in [1.807, 2.05) is 23.4 Å². The normalized spacial score (nSPS) is 16.2.